The summed E-state index contributed by atoms with van der Waals surface area (Å²) in [7, 11) is 0. The van der Waals surface area contributed by atoms with E-state index in [0.717, 1.165) is 37.6 Å². The lowest BCUT2D eigenvalue weighted by atomic mass is 9.99. The Kier molecular flexibility index (Phi) is 6.16. The number of amides is 2. The van der Waals surface area contributed by atoms with Crippen LogP contribution in [0.4, 0.5) is 13.2 Å². The van der Waals surface area contributed by atoms with E-state index in [-0.39, 0.29) is 23.7 Å². The second-order valence-electron chi connectivity index (χ2n) is 8.47. The van der Waals surface area contributed by atoms with Gasteiger partial charge >= 0.3 is 6.18 Å². The van der Waals surface area contributed by atoms with Gasteiger partial charge in [0.25, 0.3) is 11.8 Å². The topological polar surface area (TPSA) is 71.1 Å². The van der Waals surface area contributed by atoms with Crippen LogP contribution in [-0.2, 0) is 6.18 Å². The molecule has 0 radical (unpaired) electrons. The average molecular weight is 466 g/mol. The van der Waals surface area contributed by atoms with Crippen molar-refractivity contribution in [3.8, 4) is 0 Å². The van der Waals surface area contributed by atoms with Crippen molar-refractivity contribution in [3.63, 3.8) is 0 Å². The highest BCUT2D eigenvalue weighted by Gasteiger charge is 2.58. The highest BCUT2D eigenvalue weighted by Crippen LogP contribution is 2.59. The van der Waals surface area contributed by atoms with E-state index < -0.39 is 17.6 Å². The van der Waals surface area contributed by atoms with E-state index in [1.54, 1.807) is 24.3 Å². The summed E-state index contributed by atoms with van der Waals surface area (Å²) in [6.45, 7) is 2.03. The van der Waals surface area contributed by atoms with E-state index in [1.807, 2.05) is 6.92 Å². The van der Waals surface area contributed by atoms with Gasteiger partial charge in [-0.3, -0.25) is 14.6 Å². The van der Waals surface area contributed by atoms with Crippen molar-refractivity contribution in [1.29, 1.82) is 0 Å². The first-order chi connectivity index (χ1) is 15.2. The predicted octanol–water partition coefficient (Wildman–Crippen LogP) is 4.72. The molecule has 2 fully saturated rings. The van der Waals surface area contributed by atoms with Gasteiger partial charge in [-0.05, 0) is 73.4 Å². The lowest BCUT2D eigenvalue weighted by molar-refractivity contribution is -0.137. The highest BCUT2D eigenvalue weighted by atomic mass is 35.5. The van der Waals surface area contributed by atoms with Crippen LogP contribution in [0.5, 0.6) is 0 Å². The third-order valence-corrected chi connectivity index (χ3v) is 6.75. The lowest BCUT2D eigenvalue weighted by Gasteiger charge is -2.22. The van der Waals surface area contributed by atoms with Crippen LogP contribution in [0.15, 0.2) is 42.6 Å². The van der Waals surface area contributed by atoms with Crippen LogP contribution in [-0.4, -0.2) is 28.9 Å². The molecular formula is C23H23ClF3N3O2. The van der Waals surface area contributed by atoms with Crippen LogP contribution in [0.1, 0.15) is 52.6 Å². The summed E-state index contributed by atoms with van der Waals surface area (Å²) in [5.74, 6) is 0.368. The van der Waals surface area contributed by atoms with Crippen molar-refractivity contribution in [1.82, 2.24) is 15.6 Å². The fourth-order valence-corrected chi connectivity index (χ4v) is 5.05. The maximum absolute atomic E-state index is 12.9. The number of carbonyl (C=O) groups is 2. The second kappa shape index (κ2) is 8.73. The molecule has 2 unspecified atom stereocenters. The van der Waals surface area contributed by atoms with Crippen molar-refractivity contribution in [2.75, 3.05) is 0 Å². The number of nitrogens with zero attached hydrogens (tertiary/aromatic N) is 1. The van der Waals surface area contributed by atoms with Gasteiger partial charge in [-0.1, -0.05) is 18.5 Å². The second-order valence-corrected chi connectivity index (χ2v) is 8.91. The third-order valence-electron chi connectivity index (χ3n) is 6.49. The summed E-state index contributed by atoms with van der Waals surface area (Å²) in [5.41, 5.74) is -0.579. The Bertz CT molecular complexity index is 1000. The number of hydrogen-bond donors (Lipinski definition) is 2. The molecule has 1 aromatic heterocycles. The van der Waals surface area contributed by atoms with Crippen molar-refractivity contribution in [3.05, 3.63) is 64.4 Å². The summed E-state index contributed by atoms with van der Waals surface area (Å²) in [5, 5.41) is 6.49. The van der Waals surface area contributed by atoms with Gasteiger partial charge in [0.1, 0.15) is 5.69 Å². The molecule has 0 aliphatic heterocycles. The van der Waals surface area contributed by atoms with Crippen molar-refractivity contribution in [2.24, 2.45) is 17.8 Å². The Morgan fingerprint density at radius 1 is 1.12 bits per heavy atom. The minimum atomic E-state index is -4.52. The number of benzene rings is 1. The molecule has 4 rings (SSSR count). The molecule has 2 saturated carbocycles. The van der Waals surface area contributed by atoms with Crippen LogP contribution in [0.2, 0.25) is 5.02 Å². The summed E-state index contributed by atoms with van der Waals surface area (Å²) < 4.78 is 38.6. The van der Waals surface area contributed by atoms with Gasteiger partial charge in [-0.2, -0.15) is 13.2 Å². The zero-order valence-corrected chi connectivity index (χ0v) is 18.1. The van der Waals surface area contributed by atoms with Gasteiger partial charge in [-0.25, -0.2) is 0 Å². The van der Waals surface area contributed by atoms with Gasteiger partial charge in [0.05, 0.1) is 5.56 Å². The summed E-state index contributed by atoms with van der Waals surface area (Å²) in [6, 6.07) is 8.27. The molecule has 0 spiro atoms. The van der Waals surface area contributed by atoms with Gasteiger partial charge in [0.2, 0.25) is 0 Å². The third kappa shape index (κ3) is 4.75. The van der Waals surface area contributed by atoms with Gasteiger partial charge in [0, 0.05) is 28.9 Å². The maximum Gasteiger partial charge on any atom is 0.416 e. The van der Waals surface area contributed by atoms with E-state index in [1.165, 1.54) is 0 Å². The monoisotopic (exact) mass is 465 g/mol. The first-order valence-corrected chi connectivity index (χ1v) is 11.0. The van der Waals surface area contributed by atoms with Crippen molar-refractivity contribution < 1.29 is 22.8 Å². The average Bonchev–Trinajstić information content (AvgIpc) is 3.25. The maximum atomic E-state index is 12.9. The molecule has 2 aliphatic rings. The number of carbonyl (C=O) groups excluding carboxylic acids is 2. The number of halogens is 4. The zero-order chi connectivity index (χ0) is 23.0. The van der Waals surface area contributed by atoms with E-state index in [4.69, 9.17) is 11.6 Å². The molecule has 0 saturated heterocycles. The highest BCUT2D eigenvalue weighted by molar-refractivity contribution is 6.30. The molecule has 2 aliphatic carbocycles. The summed E-state index contributed by atoms with van der Waals surface area (Å²) in [6.07, 6.45) is -1.25. The van der Waals surface area contributed by atoms with Crippen molar-refractivity contribution in [2.45, 2.75) is 44.4 Å². The largest absolute Gasteiger partial charge is 0.416 e. The Morgan fingerprint density at radius 2 is 1.78 bits per heavy atom. The minimum absolute atomic E-state index is 0.0370. The normalized spacial score (nSPS) is 25.0. The fourth-order valence-electron chi connectivity index (χ4n) is 4.92. The summed E-state index contributed by atoms with van der Waals surface area (Å²) in [4.78, 5) is 28.7. The van der Waals surface area contributed by atoms with Crippen LogP contribution < -0.4 is 10.6 Å². The molecular weight excluding hydrogens is 443 g/mol. The predicted molar refractivity (Wildman–Crippen MR) is 113 cm³/mol. The lowest BCUT2D eigenvalue weighted by Crippen LogP contribution is -2.39. The first-order valence-electron chi connectivity index (χ1n) is 10.6. The number of fused-ring (bicyclic) bond motifs is 1. The molecule has 5 atom stereocenters. The van der Waals surface area contributed by atoms with Crippen LogP contribution in [0.3, 0.4) is 0 Å². The molecule has 32 heavy (non-hydrogen) atoms. The number of alkyl halides is 3. The number of hydrogen-bond acceptors (Lipinski definition) is 3. The quantitative estimate of drug-likeness (QED) is 0.648. The summed E-state index contributed by atoms with van der Waals surface area (Å²) >= 11 is 5.88. The minimum Gasteiger partial charge on any atom is -0.349 e. The number of rotatable bonds is 6. The van der Waals surface area contributed by atoms with E-state index >= 15 is 0 Å². The van der Waals surface area contributed by atoms with E-state index in [2.05, 4.69) is 15.6 Å². The number of nitrogens with one attached hydrogen (secondary N) is 2. The molecule has 170 valence electrons. The molecule has 2 N–H and O–H groups in total. The Labute approximate surface area is 188 Å². The molecule has 9 heteroatoms. The first kappa shape index (κ1) is 22.6. The zero-order valence-electron chi connectivity index (χ0n) is 17.3. The Hall–Kier alpha value is -2.61. The number of pyridine rings is 1. The Balaban J connectivity index is 1.31. The Morgan fingerprint density at radius 3 is 2.38 bits per heavy atom. The molecule has 5 nitrogen and oxygen atoms in total. The molecule has 2 aromatic rings. The SMILES string of the molecule is CCC(NC(=O)c1ccc(Cl)cc1)[C@H]1C2C[C@@H](NC(=O)c3cc(C(F)(F)F)ccn3)C[C@@H]21. The molecule has 0 bridgehead atoms. The van der Waals surface area contributed by atoms with Gasteiger partial charge in [-0.15, -0.1) is 0 Å². The van der Waals surface area contributed by atoms with E-state index in [9.17, 15) is 22.8 Å². The molecule has 1 aromatic carbocycles. The van der Waals surface area contributed by atoms with Crippen LogP contribution in [0.25, 0.3) is 0 Å². The van der Waals surface area contributed by atoms with Gasteiger partial charge < -0.3 is 10.6 Å². The van der Waals surface area contributed by atoms with Crippen LogP contribution in [0, 0.1) is 17.8 Å². The smallest absolute Gasteiger partial charge is 0.349 e. The number of aromatic nitrogens is 1. The van der Waals surface area contributed by atoms with E-state index in [0.29, 0.717) is 28.3 Å². The van der Waals surface area contributed by atoms with Crippen LogP contribution >= 0.6 is 11.6 Å². The molecule has 1 heterocycles. The fraction of sp³-hybridized carbons (Fsp3) is 0.435. The molecule has 2 amide bonds. The standard InChI is InChI=1S/C23H23ClF3N3O2/c1-2-18(30-21(31)12-3-5-14(24)6-4-12)20-16-10-15(11-17(16)20)29-22(32)19-9-13(7-8-28-19)23(25,26)27/h3-9,15-18,20H,2,10-11H2,1H3,(H,29,32)(H,30,31)/t15-,16-,17?,18?,20+/m0/s1. The van der Waals surface area contributed by atoms with Crippen molar-refractivity contribution >= 4 is 23.4 Å². The van der Waals surface area contributed by atoms with Gasteiger partial charge in [0.15, 0.2) is 0 Å².